The topological polar surface area (TPSA) is 89.8 Å². The van der Waals surface area contributed by atoms with Crippen LogP contribution in [0.5, 0.6) is 5.88 Å². The average molecular weight is 478 g/mol. The smallest absolute Gasteiger partial charge is 0.228 e. The number of aryl methyl sites for hydroxylation is 1. The van der Waals surface area contributed by atoms with Crippen LogP contribution in [0.25, 0.3) is 10.9 Å². The maximum absolute atomic E-state index is 11.7. The van der Waals surface area contributed by atoms with E-state index in [0.29, 0.717) is 37.6 Å². The Kier molecular flexibility index (Phi) is 6.17. The molecule has 2 aromatic heterocycles. The fourth-order valence-electron chi connectivity index (χ4n) is 5.07. The summed E-state index contributed by atoms with van der Waals surface area (Å²) in [6, 6.07) is 8.96. The summed E-state index contributed by atoms with van der Waals surface area (Å²) in [6.45, 7) is 12.3. The van der Waals surface area contributed by atoms with Gasteiger partial charge in [0.05, 0.1) is 5.39 Å². The van der Waals surface area contributed by atoms with Crippen LogP contribution in [0.2, 0.25) is 0 Å². The third-order valence-electron chi connectivity index (χ3n) is 7.12. The first-order valence-electron chi connectivity index (χ1n) is 12.5. The molecule has 4 heterocycles. The van der Waals surface area contributed by atoms with E-state index >= 15 is 0 Å². The van der Waals surface area contributed by atoms with Crippen LogP contribution in [0.1, 0.15) is 38.8 Å². The van der Waals surface area contributed by atoms with Crippen molar-refractivity contribution in [3.05, 3.63) is 36.0 Å². The minimum absolute atomic E-state index is 0.0921. The molecule has 2 saturated heterocycles. The van der Waals surface area contributed by atoms with Gasteiger partial charge in [-0.1, -0.05) is 12.1 Å². The van der Waals surface area contributed by atoms with Gasteiger partial charge in [0.2, 0.25) is 17.7 Å². The lowest BCUT2D eigenvalue weighted by Gasteiger charge is -2.34. The fraction of sp³-hybridized carbons (Fsp3) is 0.500. The molecule has 0 saturated carbocycles. The normalized spacial score (nSPS) is 18.7. The minimum atomic E-state index is 0.0921. The van der Waals surface area contributed by atoms with Gasteiger partial charge in [0, 0.05) is 70.2 Å². The molecular formula is C26H35N7O2. The zero-order valence-corrected chi connectivity index (χ0v) is 21.0. The molecule has 1 aromatic carbocycles. The second-order valence-electron chi connectivity index (χ2n) is 10.00. The van der Waals surface area contributed by atoms with E-state index in [1.54, 1.807) is 6.92 Å². The molecule has 2 N–H and O–H groups in total. The van der Waals surface area contributed by atoms with Crippen LogP contribution in [-0.2, 0) is 4.79 Å². The number of aromatic nitrogens is 3. The largest absolute Gasteiger partial charge is 0.493 e. The van der Waals surface area contributed by atoms with Crippen LogP contribution < -0.4 is 15.1 Å². The molecule has 0 bridgehead atoms. The van der Waals surface area contributed by atoms with Crippen molar-refractivity contribution in [2.75, 3.05) is 54.4 Å². The van der Waals surface area contributed by atoms with Crippen molar-refractivity contribution in [1.29, 1.82) is 0 Å². The maximum Gasteiger partial charge on any atom is 0.228 e. The number of anilines is 3. The summed E-state index contributed by atoms with van der Waals surface area (Å²) in [7, 11) is 0. The van der Waals surface area contributed by atoms with Crippen LogP contribution in [0.3, 0.4) is 0 Å². The molecule has 35 heavy (non-hydrogen) atoms. The van der Waals surface area contributed by atoms with Gasteiger partial charge in [-0.15, -0.1) is 0 Å². The van der Waals surface area contributed by atoms with Crippen molar-refractivity contribution in [3.8, 4) is 5.88 Å². The summed E-state index contributed by atoms with van der Waals surface area (Å²) in [5, 5.41) is 15.5. The van der Waals surface area contributed by atoms with Crippen LogP contribution in [0.15, 0.2) is 30.5 Å². The number of nitrogens with zero attached hydrogens (tertiary/aromatic N) is 6. The Balaban J connectivity index is 1.43. The summed E-state index contributed by atoms with van der Waals surface area (Å²) in [5.74, 6) is 1.60. The van der Waals surface area contributed by atoms with E-state index in [2.05, 4.69) is 46.3 Å². The van der Waals surface area contributed by atoms with Gasteiger partial charge in [-0.2, -0.15) is 4.98 Å². The highest BCUT2D eigenvalue weighted by Crippen LogP contribution is 2.35. The zero-order valence-electron chi connectivity index (χ0n) is 21.0. The summed E-state index contributed by atoms with van der Waals surface area (Å²) in [4.78, 5) is 27.8. The SMILES string of the molecule is CC(=O)N1CCN(c2nc(NC3CCN(c4cccc(C)c4)C3)c3cn(C(C)C)c(O)c3n2)CC1. The number of benzene rings is 1. The second-order valence-corrected chi connectivity index (χ2v) is 10.00. The average Bonchev–Trinajstić information content (AvgIpc) is 3.44. The third-order valence-corrected chi connectivity index (χ3v) is 7.12. The molecule has 3 aromatic rings. The number of amides is 1. The van der Waals surface area contributed by atoms with Gasteiger partial charge in [0.15, 0.2) is 0 Å². The summed E-state index contributed by atoms with van der Waals surface area (Å²) < 4.78 is 1.84. The second kappa shape index (κ2) is 9.28. The van der Waals surface area contributed by atoms with Crippen LogP contribution >= 0.6 is 0 Å². The summed E-state index contributed by atoms with van der Waals surface area (Å²) >= 11 is 0. The minimum Gasteiger partial charge on any atom is -0.493 e. The molecule has 0 spiro atoms. The first kappa shape index (κ1) is 23.3. The molecule has 2 aliphatic rings. The van der Waals surface area contributed by atoms with Crippen LogP contribution in [0, 0.1) is 6.92 Å². The number of carbonyl (C=O) groups is 1. The Hall–Kier alpha value is -3.49. The Bertz CT molecular complexity index is 1230. The van der Waals surface area contributed by atoms with E-state index in [9.17, 15) is 9.90 Å². The first-order chi connectivity index (χ1) is 16.8. The monoisotopic (exact) mass is 477 g/mol. The number of nitrogens with one attached hydrogen (secondary N) is 1. The molecule has 5 rings (SSSR count). The molecule has 9 nitrogen and oxygen atoms in total. The van der Waals surface area contributed by atoms with E-state index in [1.165, 1.54) is 11.3 Å². The van der Waals surface area contributed by atoms with Crippen molar-refractivity contribution >= 4 is 34.3 Å². The van der Waals surface area contributed by atoms with Crippen molar-refractivity contribution in [2.45, 2.75) is 46.2 Å². The van der Waals surface area contributed by atoms with Gasteiger partial charge in [0.25, 0.3) is 0 Å². The number of aromatic hydroxyl groups is 1. The number of hydrogen-bond donors (Lipinski definition) is 2. The Labute approximate surface area is 206 Å². The Morgan fingerprint density at radius 3 is 2.57 bits per heavy atom. The summed E-state index contributed by atoms with van der Waals surface area (Å²) in [6.07, 6.45) is 2.95. The van der Waals surface area contributed by atoms with E-state index in [0.717, 1.165) is 30.7 Å². The van der Waals surface area contributed by atoms with Crippen molar-refractivity contribution in [3.63, 3.8) is 0 Å². The number of hydrogen-bond acceptors (Lipinski definition) is 7. The number of fused-ring (bicyclic) bond motifs is 1. The molecule has 1 unspecified atom stereocenters. The third kappa shape index (κ3) is 4.59. The van der Waals surface area contributed by atoms with Crippen molar-refractivity contribution in [2.24, 2.45) is 0 Å². The maximum atomic E-state index is 11.7. The lowest BCUT2D eigenvalue weighted by molar-refractivity contribution is -0.129. The molecule has 9 heteroatoms. The van der Waals surface area contributed by atoms with E-state index in [1.807, 2.05) is 29.5 Å². The summed E-state index contributed by atoms with van der Waals surface area (Å²) in [5.41, 5.74) is 3.07. The number of rotatable bonds is 5. The molecule has 186 valence electrons. The Morgan fingerprint density at radius 2 is 1.89 bits per heavy atom. The van der Waals surface area contributed by atoms with E-state index < -0.39 is 0 Å². The molecule has 1 amide bonds. The molecule has 2 aliphatic heterocycles. The van der Waals surface area contributed by atoms with Crippen LogP contribution in [0.4, 0.5) is 17.5 Å². The van der Waals surface area contributed by atoms with Gasteiger partial charge < -0.3 is 29.7 Å². The first-order valence-corrected chi connectivity index (χ1v) is 12.5. The van der Waals surface area contributed by atoms with Crippen molar-refractivity contribution < 1.29 is 9.90 Å². The molecular weight excluding hydrogens is 442 g/mol. The molecule has 1 atom stereocenters. The number of piperazine rings is 1. The highest BCUT2D eigenvalue weighted by atomic mass is 16.3. The lowest BCUT2D eigenvalue weighted by atomic mass is 10.2. The van der Waals surface area contributed by atoms with Crippen LogP contribution in [-0.4, -0.2) is 75.8 Å². The standard InChI is InChI=1S/C26H35N7O2/c1-17(2)33-16-22-23(25(33)35)28-26(31-12-10-30(11-13-31)19(4)34)29-24(22)27-20-8-9-32(15-20)21-7-5-6-18(3)14-21/h5-7,14,16-17,20,35H,8-13,15H2,1-4H3,(H,27,28,29). The fourth-order valence-corrected chi connectivity index (χ4v) is 5.07. The quantitative estimate of drug-likeness (QED) is 0.582. The predicted molar refractivity (Wildman–Crippen MR) is 139 cm³/mol. The van der Waals surface area contributed by atoms with Gasteiger partial charge in [0.1, 0.15) is 11.3 Å². The van der Waals surface area contributed by atoms with E-state index in [-0.39, 0.29) is 23.9 Å². The molecule has 0 radical (unpaired) electrons. The lowest BCUT2D eigenvalue weighted by Crippen LogP contribution is -2.48. The molecule has 2 fully saturated rings. The Morgan fingerprint density at radius 1 is 1.11 bits per heavy atom. The highest BCUT2D eigenvalue weighted by Gasteiger charge is 2.27. The van der Waals surface area contributed by atoms with Gasteiger partial charge >= 0.3 is 0 Å². The number of carbonyl (C=O) groups excluding carboxylic acids is 1. The highest BCUT2D eigenvalue weighted by molar-refractivity contribution is 5.94. The van der Waals surface area contributed by atoms with E-state index in [4.69, 9.17) is 9.97 Å². The zero-order chi connectivity index (χ0) is 24.7. The van der Waals surface area contributed by atoms with Gasteiger partial charge in [-0.05, 0) is 44.9 Å². The van der Waals surface area contributed by atoms with Gasteiger partial charge in [-0.3, -0.25) is 4.79 Å². The molecule has 0 aliphatic carbocycles. The van der Waals surface area contributed by atoms with Crippen molar-refractivity contribution in [1.82, 2.24) is 19.4 Å². The van der Waals surface area contributed by atoms with Gasteiger partial charge in [-0.25, -0.2) is 4.98 Å². The predicted octanol–water partition coefficient (Wildman–Crippen LogP) is 3.39.